The van der Waals surface area contributed by atoms with Crippen LogP contribution in [0, 0.1) is 12.3 Å². The van der Waals surface area contributed by atoms with E-state index in [1.165, 1.54) is 0 Å². The first-order chi connectivity index (χ1) is 12.2. The fourth-order valence-electron chi connectivity index (χ4n) is 2.16. The van der Waals surface area contributed by atoms with Gasteiger partial charge in [-0.2, -0.15) is 5.10 Å². The maximum Gasteiger partial charge on any atom is 0.243 e. The molecule has 0 atom stereocenters. The summed E-state index contributed by atoms with van der Waals surface area (Å²) in [4.78, 5) is 16.1. The molecule has 138 valence electrons. The van der Waals surface area contributed by atoms with E-state index in [1.54, 1.807) is 31.4 Å². The van der Waals surface area contributed by atoms with Crippen molar-refractivity contribution in [2.75, 3.05) is 25.5 Å². The summed E-state index contributed by atoms with van der Waals surface area (Å²) in [5.74, 6) is 2.94. The number of amides is 1. The minimum Gasteiger partial charge on any atom is -0.356 e. The van der Waals surface area contributed by atoms with Crippen LogP contribution in [0.3, 0.4) is 0 Å². The number of aliphatic imine (C=N–C) groups is 1. The molecule has 8 heteroatoms. The highest BCUT2D eigenvalue weighted by atomic mass is 127. The highest BCUT2D eigenvalue weighted by Crippen LogP contribution is 2.09. The Labute approximate surface area is 170 Å². The molecule has 0 fully saturated rings. The Morgan fingerprint density at radius 3 is 2.88 bits per heavy atom. The van der Waals surface area contributed by atoms with Gasteiger partial charge in [-0.25, -0.2) is 0 Å². The van der Waals surface area contributed by atoms with Crippen molar-refractivity contribution in [3.8, 4) is 12.3 Å². The number of guanidine groups is 1. The second kappa shape index (κ2) is 11.9. The van der Waals surface area contributed by atoms with Crippen molar-refractivity contribution in [3.05, 3.63) is 48.3 Å². The highest BCUT2D eigenvalue weighted by molar-refractivity contribution is 14.0. The molecule has 2 aromatic rings. The second-order valence-corrected chi connectivity index (χ2v) is 5.25. The zero-order valence-corrected chi connectivity index (χ0v) is 16.9. The quantitative estimate of drug-likeness (QED) is 0.191. The average molecular weight is 466 g/mol. The van der Waals surface area contributed by atoms with E-state index < -0.39 is 0 Å². The standard InChI is InChI=1S/C18H22N6O.HI/c1-3-15-7-4-8-16(13-15)23-17(25)14-21-18(19-2)20-9-5-11-24-12-6-10-22-24;/h1,4,6-8,10,12-13H,5,9,11,14H2,2H3,(H,23,25)(H2,19,20,21);1H. The number of nitrogens with one attached hydrogen (secondary N) is 3. The third-order valence-electron chi connectivity index (χ3n) is 3.37. The van der Waals surface area contributed by atoms with Crippen LogP contribution in [-0.4, -0.2) is 41.8 Å². The number of carbonyl (C=O) groups is 1. The lowest BCUT2D eigenvalue weighted by Crippen LogP contribution is -2.41. The number of hydrogen-bond acceptors (Lipinski definition) is 3. The summed E-state index contributed by atoms with van der Waals surface area (Å²) >= 11 is 0. The molecule has 0 aliphatic carbocycles. The molecule has 7 nitrogen and oxygen atoms in total. The maximum absolute atomic E-state index is 12.0. The molecule has 0 aliphatic heterocycles. The third-order valence-corrected chi connectivity index (χ3v) is 3.37. The molecule has 0 aliphatic rings. The molecule has 1 aromatic heterocycles. The molecule has 26 heavy (non-hydrogen) atoms. The molecular formula is C18H23IN6O. The van der Waals surface area contributed by atoms with Crippen molar-refractivity contribution in [3.63, 3.8) is 0 Å². The first-order valence-corrected chi connectivity index (χ1v) is 7.99. The molecule has 0 saturated heterocycles. The summed E-state index contributed by atoms with van der Waals surface area (Å²) in [5.41, 5.74) is 1.39. The Balaban J connectivity index is 0.00000338. The molecule has 0 spiro atoms. The predicted molar refractivity (Wildman–Crippen MR) is 115 cm³/mol. The number of terminal acetylenes is 1. The van der Waals surface area contributed by atoms with Gasteiger partial charge in [0.15, 0.2) is 5.96 Å². The van der Waals surface area contributed by atoms with Gasteiger partial charge in [-0.05, 0) is 30.7 Å². The molecule has 1 amide bonds. The lowest BCUT2D eigenvalue weighted by molar-refractivity contribution is -0.115. The number of hydrogen-bond donors (Lipinski definition) is 3. The minimum atomic E-state index is -0.173. The summed E-state index contributed by atoms with van der Waals surface area (Å²) in [6.45, 7) is 1.66. The largest absolute Gasteiger partial charge is 0.356 e. The molecule has 0 saturated carbocycles. The summed E-state index contributed by atoms with van der Waals surface area (Å²) in [6, 6.07) is 9.05. The van der Waals surface area contributed by atoms with Crippen molar-refractivity contribution in [1.29, 1.82) is 0 Å². The van der Waals surface area contributed by atoms with Crippen LogP contribution in [0.2, 0.25) is 0 Å². The van der Waals surface area contributed by atoms with E-state index in [0.29, 0.717) is 11.6 Å². The molecule has 1 heterocycles. The smallest absolute Gasteiger partial charge is 0.243 e. The molecule has 0 bridgehead atoms. The fourth-order valence-corrected chi connectivity index (χ4v) is 2.16. The first-order valence-electron chi connectivity index (χ1n) is 7.99. The van der Waals surface area contributed by atoms with Gasteiger partial charge in [-0.1, -0.05) is 12.0 Å². The van der Waals surface area contributed by atoms with Crippen LogP contribution in [0.25, 0.3) is 0 Å². The van der Waals surface area contributed by atoms with Crippen LogP contribution in [-0.2, 0) is 11.3 Å². The number of benzene rings is 1. The van der Waals surface area contributed by atoms with Gasteiger partial charge in [0.25, 0.3) is 0 Å². The van der Waals surface area contributed by atoms with Crippen LogP contribution < -0.4 is 16.0 Å². The van der Waals surface area contributed by atoms with E-state index in [-0.39, 0.29) is 36.4 Å². The van der Waals surface area contributed by atoms with Gasteiger partial charge in [0.05, 0.1) is 6.54 Å². The van der Waals surface area contributed by atoms with Crippen molar-refractivity contribution in [2.24, 2.45) is 4.99 Å². The van der Waals surface area contributed by atoms with Crippen LogP contribution in [0.5, 0.6) is 0 Å². The van der Waals surface area contributed by atoms with Gasteiger partial charge in [0, 0.05) is 43.8 Å². The van der Waals surface area contributed by atoms with E-state index in [0.717, 1.165) is 25.1 Å². The maximum atomic E-state index is 12.0. The second-order valence-electron chi connectivity index (χ2n) is 5.25. The summed E-state index contributed by atoms with van der Waals surface area (Å²) < 4.78 is 1.87. The zero-order chi connectivity index (χ0) is 17.9. The number of aromatic nitrogens is 2. The Morgan fingerprint density at radius 1 is 1.35 bits per heavy atom. The number of halogens is 1. The molecule has 3 N–H and O–H groups in total. The van der Waals surface area contributed by atoms with E-state index in [2.05, 4.69) is 32.0 Å². The number of aryl methyl sites for hydroxylation is 1. The van der Waals surface area contributed by atoms with E-state index in [4.69, 9.17) is 6.42 Å². The number of rotatable bonds is 7. The van der Waals surface area contributed by atoms with Gasteiger partial charge in [-0.15, -0.1) is 30.4 Å². The molecular weight excluding hydrogens is 443 g/mol. The summed E-state index contributed by atoms with van der Waals surface area (Å²) in [5, 5.41) is 13.1. The van der Waals surface area contributed by atoms with Crippen LogP contribution in [0.1, 0.15) is 12.0 Å². The van der Waals surface area contributed by atoms with Crippen LogP contribution in [0.15, 0.2) is 47.7 Å². The van der Waals surface area contributed by atoms with Gasteiger partial charge >= 0.3 is 0 Å². The predicted octanol–water partition coefficient (Wildman–Crippen LogP) is 1.68. The monoisotopic (exact) mass is 466 g/mol. The van der Waals surface area contributed by atoms with E-state index in [1.807, 2.05) is 23.0 Å². The van der Waals surface area contributed by atoms with E-state index in [9.17, 15) is 4.79 Å². The Kier molecular flexibility index (Phi) is 9.86. The highest BCUT2D eigenvalue weighted by Gasteiger charge is 2.04. The first kappa shape index (κ1) is 21.5. The average Bonchev–Trinajstić information content (AvgIpc) is 3.14. The van der Waals surface area contributed by atoms with Crippen LogP contribution in [0.4, 0.5) is 5.69 Å². The van der Waals surface area contributed by atoms with Crippen LogP contribution >= 0.6 is 24.0 Å². The van der Waals surface area contributed by atoms with Crippen molar-refractivity contribution >= 4 is 41.5 Å². The normalized spacial score (nSPS) is 10.4. The SMILES string of the molecule is C#Cc1cccc(NC(=O)CNC(=NC)NCCCn2cccn2)c1.I. The number of anilines is 1. The Morgan fingerprint density at radius 2 is 2.19 bits per heavy atom. The summed E-state index contributed by atoms with van der Waals surface area (Å²) in [6.07, 6.45) is 9.93. The minimum absolute atomic E-state index is 0. The van der Waals surface area contributed by atoms with Gasteiger partial charge in [-0.3, -0.25) is 14.5 Å². The van der Waals surface area contributed by atoms with Gasteiger partial charge < -0.3 is 16.0 Å². The lowest BCUT2D eigenvalue weighted by Gasteiger charge is -2.12. The number of carbonyl (C=O) groups excluding carboxylic acids is 1. The lowest BCUT2D eigenvalue weighted by atomic mass is 10.2. The molecule has 1 aromatic carbocycles. The van der Waals surface area contributed by atoms with E-state index >= 15 is 0 Å². The third kappa shape index (κ3) is 7.57. The van der Waals surface area contributed by atoms with Crippen molar-refractivity contribution < 1.29 is 4.79 Å². The molecule has 2 rings (SSSR count). The van der Waals surface area contributed by atoms with Crippen molar-refractivity contribution in [2.45, 2.75) is 13.0 Å². The fraction of sp³-hybridized carbons (Fsp3) is 0.278. The zero-order valence-electron chi connectivity index (χ0n) is 14.6. The topological polar surface area (TPSA) is 83.3 Å². The summed E-state index contributed by atoms with van der Waals surface area (Å²) in [7, 11) is 1.66. The molecule has 0 unspecified atom stereocenters. The van der Waals surface area contributed by atoms with Gasteiger partial charge in [0.2, 0.25) is 5.91 Å². The Hall–Kier alpha value is -2.54. The van der Waals surface area contributed by atoms with Gasteiger partial charge in [0.1, 0.15) is 0 Å². The van der Waals surface area contributed by atoms with Crippen molar-refractivity contribution in [1.82, 2.24) is 20.4 Å². The number of nitrogens with zero attached hydrogens (tertiary/aromatic N) is 3. The Bertz CT molecular complexity index is 751. The molecule has 0 radical (unpaired) electrons.